The van der Waals surface area contributed by atoms with Crippen LogP contribution in [-0.2, 0) is 16.1 Å². The summed E-state index contributed by atoms with van der Waals surface area (Å²) >= 11 is 0. The molecule has 0 aliphatic carbocycles. The van der Waals surface area contributed by atoms with Crippen molar-refractivity contribution in [2.75, 3.05) is 25.5 Å². The van der Waals surface area contributed by atoms with E-state index in [-0.39, 0.29) is 49.8 Å². The van der Waals surface area contributed by atoms with Crippen LogP contribution in [0.5, 0.6) is 0 Å². The number of imide groups is 1. The monoisotopic (exact) mass is 340 g/mol. The van der Waals surface area contributed by atoms with Crippen LogP contribution < -0.4 is 11.1 Å². The maximum absolute atomic E-state index is 11.8. The Labute approximate surface area is 141 Å². The zero-order chi connectivity index (χ0) is 16.1. The molecule has 7 nitrogen and oxygen atoms in total. The lowest BCUT2D eigenvalue weighted by Gasteiger charge is -2.13. The Morgan fingerprint density at radius 1 is 1.26 bits per heavy atom. The van der Waals surface area contributed by atoms with E-state index in [9.17, 15) is 14.4 Å². The molecule has 3 N–H and O–H groups in total. The lowest BCUT2D eigenvalue weighted by atomic mass is 10.2. The van der Waals surface area contributed by atoms with Crippen molar-refractivity contribution in [3.05, 3.63) is 29.8 Å². The maximum atomic E-state index is 11.8. The lowest BCUT2D eigenvalue weighted by Crippen LogP contribution is -2.32. The van der Waals surface area contributed by atoms with Gasteiger partial charge < -0.3 is 16.0 Å². The molecule has 1 aromatic rings. The lowest BCUT2D eigenvalue weighted by molar-refractivity contribution is -0.125. The van der Waals surface area contributed by atoms with Gasteiger partial charge in [-0.1, -0.05) is 12.1 Å². The Hall–Kier alpha value is -2.12. The number of nitrogens with two attached hydrogens (primary N) is 1. The first-order chi connectivity index (χ1) is 10.5. The number of urea groups is 1. The molecule has 1 fully saturated rings. The number of rotatable bonds is 6. The highest BCUT2D eigenvalue weighted by Crippen LogP contribution is 2.11. The predicted molar refractivity (Wildman–Crippen MR) is 89.2 cm³/mol. The fraction of sp³-hybridized carbons (Fsp3) is 0.400. The zero-order valence-corrected chi connectivity index (χ0v) is 13.8. The first kappa shape index (κ1) is 18.9. The molecular formula is C15H21ClN4O3. The summed E-state index contributed by atoms with van der Waals surface area (Å²) < 4.78 is 0. The van der Waals surface area contributed by atoms with Crippen LogP contribution in [0.2, 0.25) is 0 Å². The van der Waals surface area contributed by atoms with Gasteiger partial charge in [0.25, 0.3) is 0 Å². The van der Waals surface area contributed by atoms with E-state index in [2.05, 4.69) is 5.32 Å². The quantitative estimate of drug-likeness (QED) is 0.760. The van der Waals surface area contributed by atoms with Crippen molar-refractivity contribution in [3.8, 4) is 0 Å². The summed E-state index contributed by atoms with van der Waals surface area (Å²) in [4.78, 5) is 37.6. The van der Waals surface area contributed by atoms with Gasteiger partial charge in [0.2, 0.25) is 11.8 Å². The van der Waals surface area contributed by atoms with Crippen molar-refractivity contribution >= 4 is 35.9 Å². The summed E-state index contributed by atoms with van der Waals surface area (Å²) in [5, 5.41) is 2.77. The third-order valence-electron chi connectivity index (χ3n) is 3.49. The molecule has 23 heavy (non-hydrogen) atoms. The molecular weight excluding hydrogens is 320 g/mol. The Morgan fingerprint density at radius 3 is 2.43 bits per heavy atom. The summed E-state index contributed by atoms with van der Waals surface area (Å²) in [6, 6.07) is 6.99. The molecule has 126 valence electrons. The maximum Gasteiger partial charge on any atom is 0.326 e. The van der Waals surface area contributed by atoms with Crippen molar-refractivity contribution in [1.29, 1.82) is 0 Å². The van der Waals surface area contributed by atoms with Crippen LogP contribution in [0.1, 0.15) is 18.4 Å². The van der Waals surface area contributed by atoms with Crippen molar-refractivity contribution in [3.63, 3.8) is 0 Å². The van der Waals surface area contributed by atoms with E-state index in [1.165, 1.54) is 9.80 Å². The molecule has 1 saturated heterocycles. The number of carbonyl (C=O) groups excluding carboxylic acids is 3. The Morgan fingerprint density at radius 2 is 1.91 bits per heavy atom. The van der Waals surface area contributed by atoms with Crippen LogP contribution >= 0.6 is 12.4 Å². The highest BCUT2D eigenvalue weighted by atomic mass is 35.5. The summed E-state index contributed by atoms with van der Waals surface area (Å²) in [5.74, 6) is -0.363. The first-order valence-electron chi connectivity index (χ1n) is 7.15. The minimum absolute atomic E-state index is 0. The number of benzene rings is 1. The largest absolute Gasteiger partial charge is 0.326 e. The van der Waals surface area contributed by atoms with E-state index in [1.54, 1.807) is 19.2 Å². The third kappa shape index (κ3) is 4.94. The number of carbonyl (C=O) groups is 3. The number of hydrogen-bond donors (Lipinski definition) is 2. The molecule has 0 bridgehead atoms. The predicted octanol–water partition coefficient (Wildman–Crippen LogP) is 1.18. The molecule has 0 aromatic heterocycles. The van der Waals surface area contributed by atoms with Crippen LogP contribution in [0.25, 0.3) is 0 Å². The van der Waals surface area contributed by atoms with Gasteiger partial charge in [0, 0.05) is 32.2 Å². The van der Waals surface area contributed by atoms with Crippen molar-refractivity contribution in [1.82, 2.24) is 9.80 Å². The molecule has 1 aliphatic rings. The molecule has 0 spiro atoms. The van der Waals surface area contributed by atoms with Crippen molar-refractivity contribution < 1.29 is 14.4 Å². The first-order valence-corrected chi connectivity index (χ1v) is 7.15. The van der Waals surface area contributed by atoms with Crippen LogP contribution in [0, 0.1) is 0 Å². The smallest absolute Gasteiger partial charge is 0.326 e. The average Bonchev–Trinajstić information content (AvgIpc) is 2.74. The molecule has 0 atom stereocenters. The second-order valence-corrected chi connectivity index (χ2v) is 5.24. The van der Waals surface area contributed by atoms with Gasteiger partial charge in [-0.3, -0.25) is 14.5 Å². The van der Waals surface area contributed by atoms with Gasteiger partial charge in [0.05, 0.1) is 0 Å². The minimum Gasteiger partial charge on any atom is -0.326 e. The summed E-state index contributed by atoms with van der Waals surface area (Å²) in [6.07, 6.45) is 0.692. The standard InChI is InChI=1S/C15H20N4O3.ClH/c1-18-10-14(21)19(15(18)22)8-2-3-13(20)17-12-6-4-11(9-16)5-7-12;/h4-7H,2-3,8-10,16H2,1H3,(H,17,20);1H. The Balaban J connectivity index is 0.00000264. The van der Waals surface area contributed by atoms with Crippen molar-refractivity contribution in [2.24, 2.45) is 5.73 Å². The molecule has 8 heteroatoms. The van der Waals surface area contributed by atoms with Gasteiger partial charge in [-0.25, -0.2) is 4.79 Å². The highest BCUT2D eigenvalue weighted by molar-refractivity contribution is 6.01. The Kier molecular flexibility index (Phi) is 6.99. The second-order valence-electron chi connectivity index (χ2n) is 5.24. The highest BCUT2D eigenvalue weighted by Gasteiger charge is 2.32. The SMILES string of the molecule is CN1CC(=O)N(CCCC(=O)Nc2ccc(CN)cc2)C1=O.Cl. The van der Waals surface area contributed by atoms with Crippen LogP contribution in [-0.4, -0.2) is 47.8 Å². The molecule has 1 heterocycles. The molecule has 0 saturated carbocycles. The molecule has 2 rings (SSSR count). The number of halogens is 1. The van der Waals surface area contributed by atoms with Crippen LogP contribution in [0.3, 0.4) is 0 Å². The van der Waals surface area contributed by atoms with E-state index in [1.807, 2.05) is 12.1 Å². The normalized spacial score (nSPS) is 14.0. The van der Waals surface area contributed by atoms with Gasteiger partial charge in [0.15, 0.2) is 0 Å². The van der Waals surface area contributed by atoms with Gasteiger partial charge in [-0.2, -0.15) is 0 Å². The molecule has 4 amide bonds. The van der Waals surface area contributed by atoms with E-state index >= 15 is 0 Å². The fourth-order valence-electron chi connectivity index (χ4n) is 2.23. The fourth-order valence-corrected chi connectivity index (χ4v) is 2.23. The second kappa shape index (κ2) is 8.50. The van der Waals surface area contributed by atoms with Crippen LogP contribution in [0.4, 0.5) is 10.5 Å². The number of amides is 4. The van der Waals surface area contributed by atoms with E-state index in [0.29, 0.717) is 18.7 Å². The van der Waals surface area contributed by atoms with Gasteiger partial charge in [-0.05, 0) is 24.1 Å². The van der Waals surface area contributed by atoms with E-state index in [0.717, 1.165) is 5.56 Å². The molecule has 0 radical (unpaired) electrons. The summed E-state index contributed by atoms with van der Waals surface area (Å²) in [5.41, 5.74) is 7.21. The van der Waals surface area contributed by atoms with Crippen LogP contribution in [0.15, 0.2) is 24.3 Å². The number of hydrogen-bond acceptors (Lipinski definition) is 4. The van der Waals surface area contributed by atoms with Crippen molar-refractivity contribution in [2.45, 2.75) is 19.4 Å². The molecule has 1 aliphatic heterocycles. The summed E-state index contributed by atoms with van der Waals surface area (Å²) in [6.45, 7) is 0.834. The van der Waals surface area contributed by atoms with Gasteiger partial charge >= 0.3 is 6.03 Å². The number of nitrogens with one attached hydrogen (secondary N) is 1. The number of anilines is 1. The Bertz CT molecular complexity index is 577. The molecule has 1 aromatic carbocycles. The van der Waals surface area contributed by atoms with Gasteiger partial charge in [0.1, 0.15) is 6.54 Å². The third-order valence-corrected chi connectivity index (χ3v) is 3.49. The van der Waals surface area contributed by atoms with E-state index in [4.69, 9.17) is 5.73 Å². The number of likely N-dealkylation sites (N-methyl/N-ethyl adjacent to an activating group) is 1. The van der Waals surface area contributed by atoms with E-state index < -0.39 is 0 Å². The van der Waals surface area contributed by atoms with Gasteiger partial charge in [-0.15, -0.1) is 12.4 Å². The molecule has 0 unspecified atom stereocenters. The average molecular weight is 341 g/mol. The number of nitrogens with zero attached hydrogens (tertiary/aromatic N) is 2. The summed E-state index contributed by atoms with van der Waals surface area (Å²) in [7, 11) is 1.58. The minimum atomic E-state index is -0.303. The topological polar surface area (TPSA) is 95.7 Å². The zero-order valence-electron chi connectivity index (χ0n) is 12.9.